The molecule has 10 nitrogen and oxygen atoms in total. The molecule has 0 unspecified atom stereocenters. The smallest absolute Gasteiger partial charge is 0.327 e. The molecule has 1 spiro atoms. The Kier molecular flexibility index (Phi) is 6.24. The van der Waals surface area contributed by atoms with E-state index in [1.165, 1.54) is 0 Å². The SMILES string of the molecule is CC(C)[C@H](OC(=O)CN1C(=O)N[C@@]2(C[C@@H](C)CC(C)(C)C2)C1=O)C(=O)NC(N)=O. The van der Waals surface area contributed by atoms with Crippen LogP contribution in [-0.2, 0) is 19.1 Å². The van der Waals surface area contributed by atoms with Crippen molar-refractivity contribution in [3.63, 3.8) is 0 Å². The van der Waals surface area contributed by atoms with Gasteiger partial charge in [-0.2, -0.15) is 0 Å². The lowest BCUT2D eigenvalue weighted by Crippen LogP contribution is -2.54. The van der Waals surface area contributed by atoms with Crippen LogP contribution in [0.15, 0.2) is 0 Å². The Morgan fingerprint density at radius 2 is 1.90 bits per heavy atom. The second-order valence-corrected chi connectivity index (χ2v) is 9.27. The van der Waals surface area contributed by atoms with Gasteiger partial charge in [-0.15, -0.1) is 0 Å². The molecule has 4 N–H and O–H groups in total. The van der Waals surface area contributed by atoms with E-state index in [1.807, 2.05) is 26.1 Å². The summed E-state index contributed by atoms with van der Waals surface area (Å²) in [5, 5.41) is 4.64. The molecule has 6 amide bonds. The molecule has 1 saturated carbocycles. The standard InChI is InChI=1S/C19H30N4O6/c1-10(2)13(14(25)21-16(20)27)29-12(24)8-23-15(26)19(22-17(23)28)7-11(3)6-18(4,5)9-19/h10-11,13H,6-9H2,1-5H3,(H,22,28)(H3,20,21,25,27)/t11-,13-,19+/m0/s1. The molecule has 2 aliphatic rings. The van der Waals surface area contributed by atoms with E-state index in [-0.39, 0.29) is 11.3 Å². The molecule has 1 saturated heterocycles. The molecule has 3 atom stereocenters. The number of rotatable bonds is 5. The van der Waals surface area contributed by atoms with Crippen LogP contribution in [0.1, 0.15) is 53.9 Å². The fourth-order valence-electron chi connectivity index (χ4n) is 4.64. The maximum Gasteiger partial charge on any atom is 0.327 e. The number of primary amides is 1. The molecule has 1 aliphatic carbocycles. The summed E-state index contributed by atoms with van der Waals surface area (Å²) in [6, 6.07) is -1.72. The molecule has 2 rings (SSSR count). The highest BCUT2D eigenvalue weighted by molar-refractivity contribution is 6.09. The van der Waals surface area contributed by atoms with Crippen LogP contribution in [0.25, 0.3) is 0 Å². The van der Waals surface area contributed by atoms with Crippen LogP contribution in [0.3, 0.4) is 0 Å². The van der Waals surface area contributed by atoms with E-state index < -0.39 is 54.0 Å². The highest BCUT2D eigenvalue weighted by Gasteiger charge is 2.56. The molecule has 1 aliphatic heterocycles. The fourth-order valence-corrected chi connectivity index (χ4v) is 4.64. The minimum Gasteiger partial charge on any atom is -0.451 e. The molecule has 2 fully saturated rings. The van der Waals surface area contributed by atoms with Crippen LogP contribution < -0.4 is 16.4 Å². The third kappa shape index (κ3) is 5.04. The van der Waals surface area contributed by atoms with Gasteiger partial charge in [-0.1, -0.05) is 34.6 Å². The number of nitrogens with one attached hydrogen (secondary N) is 2. The van der Waals surface area contributed by atoms with Gasteiger partial charge in [-0.3, -0.25) is 24.6 Å². The number of hydrogen-bond acceptors (Lipinski definition) is 6. The molecule has 29 heavy (non-hydrogen) atoms. The fraction of sp³-hybridized carbons (Fsp3) is 0.737. The van der Waals surface area contributed by atoms with Gasteiger partial charge in [-0.25, -0.2) is 9.59 Å². The Labute approximate surface area is 169 Å². The quantitative estimate of drug-likeness (QED) is 0.453. The highest BCUT2D eigenvalue weighted by Crippen LogP contribution is 2.46. The zero-order valence-corrected chi connectivity index (χ0v) is 17.5. The van der Waals surface area contributed by atoms with Gasteiger partial charge >= 0.3 is 18.0 Å². The first-order valence-electron chi connectivity index (χ1n) is 9.70. The Balaban J connectivity index is 2.10. The summed E-state index contributed by atoms with van der Waals surface area (Å²) in [7, 11) is 0. The first-order chi connectivity index (χ1) is 13.3. The van der Waals surface area contributed by atoms with E-state index in [9.17, 15) is 24.0 Å². The maximum absolute atomic E-state index is 13.1. The average Bonchev–Trinajstić information content (AvgIpc) is 2.73. The molecule has 0 aromatic heterocycles. The van der Waals surface area contributed by atoms with Crippen LogP contribution in [0.2, 0.25) is 0 Å². The molecule has 0 bridgehead atoms. The summed E-state index contributed by atoms with van der Waals surface area (Å²) < 4.78 is 5.14. The summed E-state index contributed by atoms with van der Waals surface area (Å²) in [5.41, 5.74) is 3.76. The normalized spacial score (nSPS) is 27.0. The largest absolute Gasteiger partial charge is 0.451 e. The predicted molar refractivity (Wildman–Crippen MR) is 102 cm³/mol. The number of imide groups is 2. The van der Waals surface area contributed by atoms with Crippen molar-refractivity contribution in [2.45, 2.75) is 65.5 Å². The molecule has 0 aromatic carbocycles. The number of hydrogen-bond donors (Lipinski definition) is 3. The Bertz CT molecular complexity index is 734. The van der Waals surface area contributed by atoms with Gasteiger partial charge in [0.15, 0.2) is 6.10 Å². The van der Waals surface area contributed by atoms with Gasteiger partial charge in [0.05, 0.1) is 0 Å². The Hall–Kier alpha value is -2.65. The summed E-state index contributed by atoms with van der Waals surface area (Å²) >= 11 is 0. The summed E-state index contributed by atoms with van der Waals surface area (Å²) in [6.07, 6.45) is 0.641. The molecule has 162 valence electrons. The van der Waals surface area contributed by atoms with Crippen molar-refractivity contribution >= 4 is 29.8 Å². The number of nitrogens with zero attached hydrogens (tertiary/aromatic N) is 1. The first-order valence-corrected chi connectivity index (χ1v) is 9.70. The summed E-state index contributed by atoms with van der Waals surface area (Å²) in [4.78, 5) is 61.6. The van der Waals surface area contributed by atoms with Gasteiger partial charge in [-0.05, 0) is 36.5 Å². The van der Waals surface area contributed by atoms with E-state index in [4.69, 9.17) is 10.5 Å². The lowest BCUT2D eigenvalue weighted by Gasteiger charge is -2.43. The van der Waals surface area contributed by atoms with Crippen molar-refractivity contribution < 1.29 is 28.7 Å². The molecule has 0 aromatic rings. The third-order valence-electron chi connectivity index (χ3n) is 5.28. The Morgan fingerprint density at radius 1 is 1.28 bits per heavy atom. The maximum atomic E-state index is 13.1. The number of esters is 1. The van der Waals surface area contributed by atoms with Crippen LogP contribution in [0.5, 0.6) is 0 Å². The van der Waals surface area contributed by atoms with E-state index in [0.29, 0.717) is 12.8 Å². The van der Waals surface area contributed by atoms with Crippen LogP contribution >= 0.6 is 0 Å². The molecule has 0 radical (unpaired) electrons. The average molecular weight is 410 g/mol. The number of nitrogens with two attached hydrogens (primary N) is 1. The minimum absolute atomic E-state index is 0.132. The molecular weight excluding hydrogens is 380 g/mol. The number of urea groups is 2. The summed E-state index contributed by atoms with van der Waals surface area (Å²) in [5.74, 6) is -2.46. The van der Waals surface area contributed by atoms with E-state index in [1.54, 1.807) is 13.8 Å². The predicted octanol–water partition coefficient (Wildman–Crippen LogP) is 0.886. The number of carbonyl (C=O) groups is 5. The lowest BCUT2D eigenvalue weighted by molar-refractivity contribution is -0.160. The number of ether oxygens (including phenoxy) is 1. The Morgan fingerprint density at radius 3 is 2.41 bits per heavy atom. The van der Waals surface area contributed by atoms with Crippen LogP contribution in [0.4, 0.5) is 9.59 Å². The monoisotopic (exact) mass is 410 g/mol. The molecular formula is C19H30N4O6. The van der Waals surface area contributed by atoms with Crippen molar-refractivity contribution in [3.8, 4) is 0 Å². The highest BCUT2D eigenvalue weighted by atomic mass is 16.5. The van der Waals surface area contributed by atoms with Crippen molar-refractivity contribution in [2.24, 2.45) is 23.0 Å². The second kappa shape index (κ2) is 8.00. The van der Waals surface area contributed by atoms with Gasteiger partial charge in [0.25, 0.3) is 11.8 Å². The summed E-state index contributed by atoms with van der Waals surface area (Å²) in [6.45, 7) is 8.74. The minimum atomic E-state index is -1.28. The van der Waals surface area contributed by atoms with Gasteiger partial charge in [0.2, 0.25) is 0 Å². The van der Waals surface area contributed by atoms with Crippen LogP contribution in [0, 0.1) is 17.3 Å². The lowest BCUT2D eigenvalue weighted by atomic mass is 9.64. The van der Waals surface area contributed by atoms with Gasteiger partial charge in [0, 0.05) is 0 Å². The molecule has 1 heterocycles. The van der Waals surface area contributed by atoms with Crippen molar-refractivity contribution in [1.82, 2.24) is 15.5 Å². The van der Waals surface area contributed by atoms with Crippen LogP contribution in [-0.4, -0.2) is 52.9 Å². The van der Waals surface area contributed by atoms with E-state index in [2.05, 4.69) is 5.32 Å². The van der Waals surface area contributed by atoms with Gasteiger partial charge in [0.1, 0.15) is 12.1 Å². The topological polar surface area (TPSA) is 148 Å². The zero-order valence-electron chi connectivity index (χ0n) is 17.5. The first kappa shape index (κ1) is 22.6. The zero-order chi connectivity index (χ0) is 22.1. The molecule has 10 heteroatoms. The van der Waals surface area contributed by atoms with E-state index in [0.717, 1.165) is 11.3 Å². The number of amides is 6. The van der Waals surface area contributed by atoms with E-state index >= 15 is 0 Å². The number of carbonyl (C=O) groups excluding carboxylic acids is 5. The second-order valence-electron chi connectivity index (χ2n) is 9.27. The third-order valence-corrected chi connectivity index (χ3v) is 5.28. The van der Waals surface area contributed by atoms with Crippen molar-refractivity contribution in [2.75, 3.05) is 6.54 Å². The van der Waals surface area contributed by atoms with Gasteiger partial charge < -0.3 is 15.8 Å². The van der Waals surface area contributed by atoms with Crippen molar-refractivity contribution in [1.29, 1.82) is 0 Å². The van der Waals surface area contributed by atoms with Crippen molar-refractivity contribution in [3.05, 3.63) is 0 Å².